The van der Waals surface area contributed by atoms with Gasteiger partial charge in [-0.1, -0.05) is 96.3 Å². The summed E-state index contributed by atoms with van der Waals surface area (Å²) in [6, 6.07) is 37.7. The number of furan rings is 1. The van der Waals surface area contributed by atoms with Crippen molar-refractivity contribution in [2.24, 2.45) is 0 Å². The number of aryl methyl sites for hydroxylation is 2. The van der Waals surface area contributed by atoms with Crippen LogP contribution in [-0.4, -0.2) is 24.2 Å². The summed E-state index contributed by atoms with van der Waals surface area (Å²) in [6.07, 6.45) is -1.42. The minimum Gasteiger partial charge on any atom is -0.500 e. The molecule has 0 unspecified atom stereocenters. The molecule has 0 bridgehead atoms. The Morgan fingerprint density at radius 2 is 1.46 bits per heavy atom. The third kappa shape index (κ3) is 7.01. The molecule has 253 valence electrons. The molecule has 8 rings (SSSR count). The molecule has 50 heavy (non-hydrogen) atoms. The molecule has 5 aromatic carbocycles. The Labute approximate surface area is 312 Å². The van der Waals surface area contributed by atoms with Crippen LogP contribution in [0.25, 0.3) is 66.0 Å². The maximum absolute atomic E-state index is 12.6. The molecular formula is C42H33F3IrN2OSi-2. The fourth-order valence-electron chi connectivity index (χ4n) is 6.18. The summed E-state index contributed by atoms with van der Waals surface area (Å²) in [5, 5.41) is 6.71. The van der Waals surface area contributed by atoms with Gasteiger partial charge in [0.2, 0.25) is 0 Å². The predicted molar refractivity (Wildman–Crippen MR) is 197 cm³/mol. The fourth-order valence-corrected chi connectivity index (χ4v) is 8.33. The van der Waals surface area contributed by atoms with Gasteiger partial charge < -0.3 is 14.4 Å². The Hall–Kier alpha value is -4.62. The SMILES string of the molecule is C[Si](C)(CC(F)(F)F)c1ccc(-c2[c-]cccc2)nc1.[2H]C([2H])([2H])c1cnc(-c2[c-]ccc3c2oc2c3ccc3ccc4ccccc4c32)cc1C([2H])([2H])[2H].[Ir]. The Morgan fingerprint density at radius 1 is 0.720 bits per heavy atom. The molecule has 0 aliphatic rings. The second-order valence-electron chi connectivity index (χ2n) is 12.5. The first-order valence-corrected chi connectivity index (χ1v) is 18.8. The third-order valence-electron chi connectivity index (χ3n) is 8.64. The Balaban J connectivity index is 0.000000217. The van der Waals surface area contributed by atoms with Gasteiger partial charge in [0, 0.05) is 57.5 Å². The van der Waals surface area contributed by atoms with Crippen LogP contribution in [0.4, 0.5) is 13.2 Å². The maximum Gasteiger partial charge on any atom is 0.387 e. The summed E-state index contributed by atoms with van der Waals surface area (Å²) in [6.45, 7) is -1.78. The van der Waals surface area contributed by atoms with Crippen LogP contribution in [0.15, 0.2) is 120 Å². The van der Waals surface area contributed by atoms with Gasteiger partial charge in [-0.25, -0.2) is 0 Å². The zero-order valence-corrected chi connectivity index (χ0v) is 30.3. The molecular weight excluding hydrogens is 826 g/mol. The average Bonchev–Trinajstić information content (AvgIpc) is 3.53. The van der Waals surface area contributed by atoms with Gasteiger partial charge in [0.25, 0.3) is 0 Å². The van der Waals surface area contributed by atoms with Crippen LogP contribution in [-0.2, 0) is 20.1 Å². The summed E-state index contributed by atoms with van der Waals surface area (Å²) in [4.78, 5) is 8.60. The van der Waals surface area contributed by atoms with E-state index in [4.69, 9.17) is 12.6 Å². The molecule has 0 atom stereocenters. The number of hydrogen-bond donors (Lipinski definition) is 0. The first-order chi connectivity index (χ1) is 25.9. The van der Waals surface area contributed by atoms with Crippen LogP contribution in [0, 0.1) is 25.8 Å². The number of hydrogen-bond acceptors (Lipinski definition) is 3. The zero-order chi connectivity index (χ0) is 39.3. The van der Waals surface area contributed by atoms with Crippen molar-refractivity contribution in [1.82, 2.24) is 9.97 Å². The predicted octanol–water partition coefficient (Wildman–Crippen LogP) is 11.4. The summed E-state index contributed by atoms with van der Waals surface area (Å²) in [5.41, 5.74) is 3.06. The maximum atomic E-state index is 12.6. The van der Waals surface area contributed by atoms with Gasteiger partial charge in [-0.2, -0.15) is 13.2 Å². The number of fused-ring (bicyclic) bond motifs is 7. The fraction of sp³-hybridized carbons (Fsp3) is 0.143. The van der Waals surface area contributed by atoms with Crippen LogP contribution >= 0.6 is 0 Å². The van der Waals surface area contributed by atoms with Gasteiger partial charge in [-0.3, -0.25) is 0 Å². The van der Waals surface area contributed by atoms with Crippen molar-refractivity contribution in [3.63, 3.8) is 0 Å². The van der Waals surface area contributed by atoms with Crippen LogP contribution in [0.3, 0.4) is 0 Å². The van der Waals surface area contributed by atoms with E-state index in [1.165, 1.54) is 6.07 Å². The van der Waals surface area contributed by atoms with Gasteiger partial charge in [-0.15, -0.1) is 54.1 Å². The number of halogens is 3. The van der Waals surface area contributed by atoms with Crippen molar-refractivity contribution in [2.75, 3.05) is 0 Å². The van der Waals surface area contributed by atoms with Crippen LogP contribution in [0.2, 0.25) is 19.1 Å². The number of nitrogens with zero attached hydrogens (tertiary/aromatic N) is 2. The molecule has 0 N–H and O–H groups in total. The quantitative estimate of drug-likeness (QED) is 0.101. The molecule has 0 spiro atoms. The van der Waals surface area contributed by atoms with E-state index < -0.39 is 34.0 Å². The van der Waals surface area contributed by atoms with Crippen molar-refractivity contribution >= 4 is 56.7 Å². The Morgan fingerprint density at radius 3 is 2.20 bits per heavy atom. The molecule has 8 heteroatoms. The van der Waals surface area contributed by atoms with Gasteiger partial charge in [0.05, 0.1) is 13.7 Å². The van der Waals surface area contributed by atoms with Gasteiger partial charge in [-0.05, 0) is 52.0 Å². The van der Waals surface area contributed by atoms with E-state index in [0.717, 1.165) is 60.5 Å². The molecule has 0 fully saturated rings. The summed E-state index contributed by atoms with van der Waals surface area (Å²) in [7, 11) is -2.54. The van der Waals surface area contributed by atoms with Crippen molar-refractivity contribution in [3.8, 4) is 22.5 Å². The smallest absolute Gasteiger partial charge is 0.387 e. The topological polar surface area (TPSA) is 38.9 Å². The molecule has 8 aromatic rings. The minimum atomic E-state index is -4.12. The molecule has 0 saturated carbocycles. The third-order valence-corrected chi connectivity index (χ3v) is 11.8. The number of alkyl halides is 3. The van der Waals surface area contributed by atoms with Crippen molar-refractivity contribution in [2.45, 2.75) is 39.0 Å². The molecule has 0 aliphatic carbocycles. The van der Waals surface area contributed by atoms with Crippen molar-refractivity contribution < 1.29 is 45.9 Å². The molecule has 3 aromatic heterocycles. The second-order valence-corrected chi connectivity index (χ2v) is 17.2. The average molecular weight is 865 g/mol. The Kier molecular flexibility index (Phi) is 7.84. The van der Waals surface area contributed by atoms with Gasteiger partial charge in [0.1, 0.15) is 5.58 Å². The molecule has 0 saturated heterocycles. The minimum absolute atomic E-state index is 0. The number of aromatic nitrogens is 2. The normalized spacial score (nSPS) is 14.1. The first-order valence-electron chi connectivity index (χ1n) is 18.6. The van der Waals surface area contributed by atoms with Crippen LogP contribution < -0.4 is 5.19 Å². The molecule has 0 aliphatic heterocycles. The summed E-state index contributed by atoms with van der Waals surface area (Å²) >= 11 is 0. The van der Waals surface area contributed by atoms with E-state index in [9.17, 15) is 13.2 Å². The molecule has 1 radical (unpaired) electrons. The van der Waals surface area contributed by atoms with Crippen molar-refractivity contribution in [3.05, 3.63) is 139 Å². The van der Waals surface area contributed by atoms with E-state index in [1.54, 1.807) is 43.6 Å². The van der Waals surface area contributed by atoms with E-state index in [1.807, 2.05) is 42.5 Å². The number of rotatable bonds is 4. The Bertz CT molecular complexity index is 2680. The first kappa shape index (κ1) is 28.1. The van der Waals surface area contributed by atoms with Crippen LogP contribution in [0.1, 0.15) is 19.4 Å². The van der Waals surface area contributed by atoms with Gasteiger partial charge >= 0.3 is 6.18 Å². The number of benzene rings is 5. The van der Waals surface area contributed by atoms with E-state index in [2.05, 4.69) is 52.4 Å². The van der Waals surface area contributed by atoms with E-state index >= 15 is 0 Å². The van der Waals surface area contributed by atoms with Crippen molar-refractivity contribution in [1.29, 1.82) is 0 Å². The monoisotopic (exact) mass is 865 g/mol. The van der Waals surface area contributed by atoms with Crippen LogP contribution in [0.5, 0.6) is 0 Å². The zero-order valence-electron chi connectivity index (χ0n) is 32.9. The second kappa shape index (κ2) is 13.9. The van der Waals surface area contributed by atoms with E-state index in [0.29, 0.717) is 16.8 Å². The summed E-state index contributed by atoms with van der Waals surface area (Å²) in [5.74, 6) is 0. The molecule has 3 heterocycles. The summed E-state index contributed by atoms with van der Waals surface area (Å²) < 4.78 is 91.1. The standard InChI is InChI=1S/C27H18NO.C15H15F3NSi.Ir/c1-16-14-24(28-15-17(16)2)23-9-5-8-21-22-13-12-19-11-10-18-6-3-4-7-20(18)25(19)27(22)29-26(21)23;1-20(2,11-15(16,17)18)13-8-9-14(19-10-13)12-6-4-3-5-7-12;/h3-8,10-15H,1-2H3;3-6,8-10H,11H2,1-2H3;/q2*-1;/i1D3,2D3;;. The molecule has 0 amide bonds. The largest absolute Gasteiger partial charge is 0.500 e. The van der Waals surface area contributed by atoms with Gasteiger partial charge in [0.15, 0.2) is 0 Å². The van der Waals surface area contributed by atoms with E-state index in [-0.39, 0.29) is 31.2 Å². The number of pyridine rings is 2. The molecule has 3 nitrogen and oxygen atoms in total.